The standard InChI is InChI=1S/C29H31Cl2N3O4S/c1-21(29(36)32-24-10-8-9-11-24)33(19-22-16-17-23(30)18-27(22)31)28(35)20-34(25-12-4-2-5-13-25)39(37,38)26-14-6-3-7-15-26/h2-7,12-18,21,24H,8-11,19-20H2,1H3,(H,32,36)/t21-/m1/s1. The molecule has 3 aromatic carbocycles. The number of hydrogen-bond acceptors (Lipinski definition) is 4. The molecule has 0 unspecified atom stereocenters. The van der Waals surface area contributed by atoms with Crippen LogP contribution in [0.5, 0.6) is 0 Å². The molecule has 1 aliphatic rings. The van der Waals surface area contributed by atoms with Crippen molar-refractivity contribution < 1.29 is 18.0 Å². The average molecular weight is 589 g/mol. The lowest BCUT2D eigenvalue weighted by Gasteiger charge is -2.32. The summed E-state index contributed by atoms with van der Waals surface area (Å²) in [4.78, 5) is 28.6. The first kappa shape index (κ1) is 28.9. The van der Waals surface area contributed by atoms with E-state index in [9.17, 15) is 18.0 Å². The minimum Gasteiger partial charge on any atom is -0.352 e. The van der Waals surface area contributed by atoms with Gasteiger partial charge in [-0.05, 0) is 61.7 Å². The van der Waals surface area contributed by atoms with Gasteiger partial charge in [-0.15, -0.1) is 0 Å². The summed E-state index contributed by atoms with van der Waals surface area (Å²) >= 11 is 12.5. The number of amides is 2. The minimum absolute atomic E-state index is 0.00209. The molecular weight excluding hydrogens is 557 g/mol. The van der Waals surface area contributed by atoms with Gasteiger partial charge in [0.2, 0.25) is 11.8 Å². The lowest BCUT2D eigenvalue weighted by atomic mass is 10.1. The molecule has 10 heteroatoms. The molecule has 206 valence electrons. The van der Waals surface area contributed by atoms with Crippen LogP contribution in [0.1, 0.15) is 38.2 Å². The third kappa shape index (κ3) is 7.12. The predicted octanol–water partition coefficient (Wildman–Crippen LogP) is 5.66. The quantitative estimate of drug-likeness (QED) is 0.331. The van der Waals surface area contributed by atoms with Crippen LogP contribution in [-0.2, 0) is 26.2 Å². The van der Waals surface area contributed by atoms with Gasteiger partial charge in [-0.1, -0.05) is 78.5 Å². The van der Waals surface area contributed by atoms with Crippen molar-refractivity contribution in [2.24, 2.45) is 0 Å². The Morgan fingerprint density at radius 2 is 1.56 bits per heavy atom. The van der Waals surface area contributed by atoms with Crippen LogP contribution in [0.25, 0.3) is 0 Å². The summed E-state index contributed by atoms with van der Waals surface area (Å²) < 4.78 is 28.5. The molecule has 1 atom stereocenters. The number of para-hydroxylation sites is 1. The van der Waals surface area contributed by atoms with Crippen molar-refractivity contribution in [3.05, 3.63) is 94.5 Å². The van der Waals surface area contributed by atoms with E-state index in [2.05, 4.69) is 5.32 Å². The van der Waals surface area contributed by atoms with E-state index in [1.807, 2.05) is 0 Å². The molecule has 4 rings (SSSR count). The van der Waals surface area contributed by atoms with E-state index in [0.717, 1.165) is 30.0 Å². The van der Waals surface area contributed by atoms with Gasteiger partial charge in [-0.25, -0.2) is 8.42 Å². The first-order valence-electron chi connectivity index (χ1n) is 12.8. The van der Waals surface area contributed by atoms with Gasteiger partial charge in [-0.2, -0.15) is 0 Å². The number of carbonyl (C=O) groups excluding carboxylic acids is 2. The topological polar surface area (TPSA) is 86.8 Å². The molecule has 1 aliphatic carbocycles. The molecular formula is C29H31Cl2N3O4S. The van der Waals surface area contributed by atoms with Gasteiger partial charge in [0.05, 0.1) is 10.6 Å². The zero-order valence-corrected chi connectivity index (χ0v) is 23.9. The molecule has 39 heavy (non-hydrogen) atoms. The van der Waals surface area contributed by atoms with E-state index in [1.54, 1.807) is 73.7 Å². The molecule has 0 aliphatic heterocycles. The number of carbonyl (C=O) groups is 2. The molecule has 3 aromatic rings. The van der Waals surface area contributed by atoms with E-state index in [0.29, 0.717) is 21.3 Å². The van der Waals surface area contributed by atoms with E-state index in [-0.39, 0.29) is 23.4 Å². The summed E-state index contributed by atoms with van der Waals surface area (Å²) in [7, 11) is -4.09. The molecule has 0 bridgehead atoms. The monoisotopic (exact) mass is 587 g/mol. The Morgan fingerprint density at radius 3 is 2.18 bits per heavy atom. The van der Waals surface area contributed by atoms with Crippen molar-refractivity contribution in [2.45, 2.75) is 56.1 Å². The van der Waals surface area contributed by atoms with Crippen molar-refractivity contribution in [3.8, 4) is 0 Å². The van der Waals surface area contributed by atoms with E-state index < -0.39 is 28.5 Å². The van der Waals surface area contributed by atoms with Gasteiger partial charge in [0, 0.05) is 22.6 Å². The third-order valence-electron chi connectivity index (χ3n) is 6.88. The Balaban J connectivity index is 1.67. The van der Waals surface area contributed by atoms with Gasteiger partial charge >= 0.3 is 0 Å². The van der Waals surface area contributed by atoms with Crippen LogP contribution >= 0.6 is 23.2 Å². The first-order chi connectivity index (χ1) is 18.7. The number of benzene rings is 3. The number of nitrogens with zero attached hydrogens (tertiary/aromatic N) is 2. The lowest BCUT2D eigenvalue weighted by molar-refractivity contribution is -0.139. The third-order valence-corrected chi connectivity index (χ3v) is 9.25. The van der Waals surface area contributed by atoms with Crippen molar-refractivity contribution >= 4 is 50.7 Å². The smallest absolute Gasteiger partial charge is 0.264 e. The van der Waals surface area contributed by atoms with E-state index in [4.69, 9.17) is 23.2 Å². The minimum atomic E-state index is -4.09. The zero-order valence-electron chi connectivity index (χ0n) is 21.6. The van der Waals surface area contributed by atoms with Gasteiger partial charge in [0.15, 0.2) is 0 Å². The Labute approximate surface area is 239 Å². The van der Waals surface area contributed by atoms with E-state index >= 15 is 0 Å². The first-order valence-corrected chi connectivity index (χ1v) is 15.0. The summed E-state index contributed by atoms with van der Waals surface area (Å²) in [5.41, 5.74) is 0.925. The van der Waals surface area contributed by atoms with Crippen LogP contribution in [0.3, 0.4) is 0 Å². The van der Waals surface area contributed by atoms with Crippen molar-refractivity contribution in [2.75, 3.05) is 10.8 Å². The SMILES string of the molecule is C[C@H](C(=O)NC1CCCC1)N(Cc1ccc(Cl)cc1Cl)C(=O)CN(c1ccccc1)S(=O)(=O)c1ccccc1. The van der Waals surface area contributed by atoms with Gasteiger partial charge in [0.1, 0.15) is 12.6 Å². The molecule has 0 saturated heterocycles. The lowest BCUT2D eigenvalue weighted by Crippen LogP contribution is -2.52. The maximum absolute atomic E-state index is 13.9. The molecule has 0 radical (unpaired) electrons. The van der Waals surface area contributed by atoms with Crippen LogP contribution in [0, 0.1) is 0 Å². The van der Waals surface area contributed by atoms with Gasteiger partial charge in [-0.3, -0.25) is 13.9 Å². The zero-order chi connectivity index (χ0) is 28.0. The highest BCUT2D eigenvalue weighted by molar-refractivity contribution is 7.92. The van der Waals surface area contributed by atoms with Crippen molar-refractivity contribution in [3.63, 3.8) is 0 Å². The normalized spacial score (nSPS) is 14.5. The largest absolute Gasteiger partial charge is 0.352 e. The number of hydrogen-bond donors (Lipinski definition) is 1. The van der Waals surface area contributed by atoms with Crippen molar-refractivity contribution in [1.29, 1.82) is 0 Å². The number of sulfonamides is 1. The maximum atomic E-state index is 13.9. The molecule has 1 N–H and O–H groups in total. The highest BCUT2D eigenvalue weighted by Gasteiger charge is 2.33. The van der Waals surface area contributed by atoms with E-state index in [1.165, 1.54) is 17.0 Å². The highest BCUT2D eigenvalue weighted by atomic mass is 35.5. The number of nitrogens with one attached hydrogen (secondary N) is 1. The van der Waals surface area contributed by atoms with Crippen LogP contribution in [0.2, 0.25) is 10.0 Å². The number of anilines is 1. The fraction of sp³-hybridized carbons (Fsp3) is 0.310. The molecule has 0 heterocycles. The summed E-state index contributed by atoms with van der Waals surface area (Å²) in [6.45, 7) is 1.14. The summed E-state index contributed by atoms with van der Waals surface area (Å²) in [5.74, 6) is -0.837. The van der Waals surface area contributed by atoms with Crippen LogP contribution in [-0.4, -0.2) is 43.8 Å². The fourth-order valence-electron chi connectivity index (χ4n) is 4.65. The second kappa shape index (κ2) is 12.9. The summed E-state index contributed by atoms with van der Waals surface area (Å²) in [5, 5.41) is 3.84. The Hall–Kier alpha value is -3.07. The molecule has 2 amide bonds. The second-order valence-corrected chi connectivity index (χ2v) is 12.3. The predicted molar refractivity (Wildman–Crippen MR) is 154 cm³/mol. The fourth-order valence-corrected chi connectivity index (χ4v) is 6.55. The molecule has 0 aromatic heterocycles. The van der Waals surface area contributed by atoms with Crippen molar-refractivity contribution in [1.82, 2.24) is 10.2 Å². The maximum Gasteiger partial charge on any atom is 0.264 e. The molecule has 7 nitrogen and oxygen atoms in total. The highest BCUT2D eigenvalue weighted by Crippen LogP contribution is 2.26. The van der Waals surface area contributed by atoms with Crippen LogP contribution in [0.15, 0.2) is 83.8 Å². The number of rotatable bonds is 10. The Morgan fingerprint density at radius 1 is 0.949 bits per heavy atom. The average Bonchev–Trinajstić information content (AvgIpc) is 3.44. The Bertz CT molecular complexity index is 1400. The molecule has 1 saturated carbocycles. The summed E-state index contributed by atoms with van der Waals surface area (Å²) in [6.07, 6.45) is 3.89. The summed E-state index contributed by atoms with van der Waals surface area (Å²) in [6, 6.07) is 20.5. The number of halogens is 2. The molecule has 0 spiro atoms. The Kier molecular flexibility index (Phi) is 9.53. The second-order valence-electron chi connectivity index (χ2n) is 9.58. The van der Waals surface area contributed by atoms with Crippen LogP contribution < -0.4 is 9.62 Å². The van der Waals surface area contributed by atoms with Gasteiger partial charge in [0.25, 0.3) is 10.0 Å². The van der Waals surface area contributed by atoms with Gasteiger partial charge < -0.3 is 10.2 Å². The van der Waals surface area contributed by atoms with Crippen LogP contribution in [0.4, 0.5) is 5.69 Å². The molecule has 1 fully saturated rings.